The van der Waals surface area contributed by atoms with E-state index in [9.17, 15) is 0 Å². The second kappa shape index (κ2) is 5.25. The van der Waals surface area contributed by atoms with Crippen LogP contribution in [0.5, 0.6) is 0 Å². The Labute approximate surface area is 106 Å². The number of nitrogens with zero attached hydrogens (tertiary/aromatic N) is 1. The molecule has 100 valence electrons. The lowest BCUT2D eigenvalue weighted by molar-refractivity contribution is 0.00759. The fourth-order valence-corrected chi connectivity index (χ4v) is 3.09. The van der Waals surface area contributed by atoms with Crippen molar-refractivity contribution in [2.75, 3.05) is 26.2 Å². The lowest BCUT2D eigenvalue weighted by Crippen LogP contribution is -2.55. The third kappa shape index (κ3) is 2.83. The Morgan fingerprint density at radius 1 is 1.29 bits per heavy atom. The number of rotatable bonds is 1. The van der Waals surface area contributed by atoms with E-state index in [4.69, 9.17) is 4.74 Å². The van der Waals surface area contributed by atoms with Crippen LogP contribution in [0.15, 0.2) is 0 Å². The average molecular weight is 240 g/mol. The van der Waals surface area contributed by atoms with Gasteiger partial charge >= 0.3 is 0 Å². The molecule has 0 amide bonds. The highest BCUT2D eigenvalue weighted by molar-refractivity contribution is 4.97. The van der Waals surface area contributed by atoms with Crippen LogP contribution < -0.4 is 5.32 Å². The molecule has 2 heterocycles. The molecule has 2 aliphatic heterocycles. The predicted octanol–water partition coefficient (Wildman–Crippen LogP) is 1.87. The monoisotopic (exact) mass is 240 g/mol. The van der Waals surface area contributed by atoms with Crippen LogP contribution in [0.25, 0.3) is 0 Å². The molecule has 0 aromatic rings. The molecule has 3 heteroatoms. The maximum atomic E-state index is 5.80. The first-order valence-electron chi connectivity index (χ1n) is 7.12. The van der Waals surface area contributed by atoms with Crippen LogP contribution in [0, 0.1) is 5.92 Å². The molecule has 1 N–H and O–H groups in total. The van der Waals surface area contributed by atoms with Crippen molar-refractivity contribution in [2.45, 2.75) is 58.2 Å². The topological polar surface area (TPSA) is 24.5 Å². The summed E-state index contributed by atoms with van der Waals surface area (Å²) < 4.78 is 5.80. The molecule has 4 atom stereocenters. The van der Waals surface area contributed by atoms with Crippen LogP contribution in [-0.4, -0.2) is 48.8 Å². The quantitative estimate of drug-likeness (QED) is 0.757. The van der Waals surface area contributed by atoms with E-state index >= 15 is 0 Å². The summed E-state index contributed by atoms with van der Waals surface area (Å²) in [5.41, 5.74) is 0.255. The number of hydrogen-bond donors (Lipinski definition) is 1. The van der Waals surface area contributed by atoms with Crippen molar-refractivity contribution in [3.8, 4) is 0 Å². The third-order valence-electron chi connectivity index (χ3n) is 4.75. The van der Waals surface area contributed by atoms with Crippen molar-refractivity contribution < 1.29 is 4.74 Å². The van der Waals surface area contributed by atoms with E-state index in [-0.39, 0.29) is 5.54 Å². The average Bonchev–Trinajstić information content (AvgIpc) is 2.61. The van der Waals surface area contributed by atoms with Crippen LogP contribution in [-0.2, 0) is 4.74 Å². The summed E-state index contributed by atoms with van der Waals surface area (Å²) in [6.45, 7) is 13.7. The van der Waals surface area contributed by atoms with Crippen LogP contribution in [0.2, 0.25) is 0 Å². The van der Waals surface area contributed by atoms with Gasteiger partial charge in [0.25, 0.3) is 0 Å². The van der Waals surface area contributed by atoms with E-state index in [2.05, 4.69) is 37.9 Å². The van der Waals surface area contributed by atoms with Crippen molar-refractivity contribution in [1.82, 2.24) is 10.2 Å². The maximum Gasteiger partial charge on any atom is 0.0728 e. The molecule has 2 fully saturated rings. The maximum absolute atomic E-state index is 5.80. The molecule has 0 aliphatic carbocycles. The highest BCUT2D eigenvalue weighted by Gasteiger charge is 2.42. The highest BCUT2D eigenvalue weighted by atomic mass is 16.5. The first kappa shape index (κ1) is 13.3. The minimum Gasteiger partial charge on any atom is -0.377 e. The molecular weight excluding hydrogens is 212 g/mol. The predicted molar refractivity (Wildman–Crippen MR) is 71.3 cm³/mol. The summed E-state index contributed by atoms with van der Waals surface area (Å²) in [5.74, 6) is 0.724. The zero-order valence-electron chi connectivity index (χ0n) is 11.8. The molecule has 0 saturated carbocycles. The van der Waals surface area contributed by atoms with E-state index in [0.717, 1.165) is 19.1 Å². The molecule has 17 heavy (non-hydrogen) atoms. The Balaban J connectivity index is 2.06. The Bertz CT molecular complexity index is 259. The van der Waals surface area contributed by atoms with Gasteiger partial charge in [-0.1, -0.05) is 6.92 Å². The molecule has 2 saturated heterocycles. The molecule has 0 spiro atoms. The zero-order valence-corrected chi connectivity index (χ0v) is 11.8. The van der Waals surface area contributed by atoms with Gasteiger partial charge in [0, 0.05) is 31.3 Å². The molecule has 0 bridgehead atoms. The van der Waals surface area contributed by atoms with Gasteiger partial charge in [-0.05, 0) is 46.1 Å². The molecule has 3 nitrogen and oxygen atoms in total. The first-order valence-corrected chi connectivity index (χ1v) is 7.12. The summed E-state index contributed by atoms with van der Waals surface area (Å²) in [7, 11) is 0. The fraction of sp³-hybridized carbons (Fsp3) is 1.00. The van der Waals surface area contributed by atoms with Crippen LogP contribution >= 0.6 is 0 Å². The van der Waals surface area contributed by atoms with Gasteiger partial charge in [-0.2, -0.15) is 0 Å². The van der Waals surface area contributed by atoms with Crippen LogP contribution in [0.3, 0.4) is 0 Å². The number of hydrogen-bond acceptors (Lipinski definition) is 3. The molecule has 4 unspecified atom stereocenters. The van der Waals surface area contributed by atoms with Gasteiger partial charge in [0.15, 0.2) is 0 Å². The standard InChI is InChI=1S/C14H28N2O/c1-11-9-15-12(2)5-7-16(10-11)14(4)6-8-17-13(14)3/h11-13,15H,5-10H2,1-4H3. The van der Waals surface area contributed by atoms with Gasteiger partial charge in [-0.3, -0.25) is 4.90 Å². The van der Waals surface area contributed by atoms with Crippen molar-refractivity contribution in [3.63, 3.8) is 0 Å². The van der Waals surface area contributed by atoms with Gasteiger partial charge < -0.3 is 10.1 Å². The zero-order chi connectivity index (χ0) is 12.5. The summed E-state index contributed by atoms with van der Waals surface area (Å²) in [4.78, 5) is 2.69. The van der Waals surface area contributed by atoms with Crippen molar-refractivity contribution in [1.29, 1.82) is 0 Å². The minimum absolute atomic E-state index is 0.255. The van der Waals surface area contributed by atoms with Crippen LogP contribution in [0.1, 0.15) is 40.5 Å². The van der Waals surface area contributed by atoms with Gasteiger partial charge in [-0.25, -0.2) is 0 Å². The Morgan fingerprint density at radius 3 is 2.71 bits per heavy atom. The summed E-state index contributed by atoms with van der Waals surface area (Å²) in [6.07, 6.45) is 2.80. The fourth-order valence-electron chi connectivity index (χ4n) is 3.09. The molecule has 0 aromatic carbocycles. The Morgan fingerprint density at radius 2 is 2.06 bits per heavy atom. The second-order valence-electron chi connectivity index (χ2n) is 6.27. The lowest BCUT2D eigenvalue weighted by Gasteiger charge is -2.43. The van der Waals surface area contributed by atoms with Gasteiger partial charge in [0.1, 0.15) is 0 Å². The Hall–Kier alpha value is -0.120. The largest absolute Gasteiger partial charge is 0.377 e. The normalized spacial score (nSPS) is 45.5. The lowest BCUT2D eigenvalue weighted by atomic mass is 9.90. The van der Waals surface area contributed by atoms with Crippen LogP contribution in [0.4, 0.5) is 0 Å². The summed E-state index contributed by atoms with van der Waals surface area (Å²) in [5, 5.41) is 3.61. The third-order valence-corrected chi connectivity index (χ3v) is 4.75. The molecule has 2 aliphatic rings. The molecule has 0 radical (unpaired) electrons. The van der Waals surface area contributed by atoms with E-state index < -0.39 is 0 Å². The van der Waals surface area contributed by atoms with Crippen molar-refractivity contribution in [2.24, 2.45) is 5.92 Å². The van der Waals surface area contributed by atoms with Crippen molar-refractivity contribution >= 4 is 0 Å². The van der Waals surface area contributed by atoms with Gasteiger partial charge in [0.2, 0.25) is 0 Å². The second-order valence-corrected chi connectivity index (χ2v) is 6.27. The summed E-state index contributed by atoms with van der Waals surface area (Å²) >= 11 is 0. The first-order chi connectivity index (χ1) is 8.02. The van der Waals surface area contributed by atoms with Gasteiger partial charge in [0.05, 0.1) is 6.10 Å². The molecular formula is C14H28N2O. The highest BCUT2D eigenvalue weighted by Crippen LogP contribution is 2.33. The Kier molecular flexibility index (Phi) is 4.11. The molecule has 2 rings (SSSR count). The van der Waals surface area contributed by atoms with E-state index in [1.54, 1.807) is 0 Å². The van der Waals surface area contributed by atoms with E-state index in [0.29, 0.717) is 12.1 Å². The smallest absolute Gasteiger partial charge is 0.0728 e. The van der Waals surface area contributed by atoms with Gasteiger partial charge in [-0.15, -0.1) is 0 Å². The SMILES string of the molecule is CC1CNC(C)CCN(C2(C)CCOC2C)C1. The van der Waals surface area contributed by atoms with Crippen molar-refractivity contribution in [3.05, 3.63) is 0 Å². The van der Waals surface area contributed by atoms with E-state index in [1.165, 1.54) is 25.9 Å². The number of nitrogens with one attached hydrogen (secondary N) is 1. The number of ether oxygens (including phenoxy) is 1. The molecule has 0 aromatic heterocycles. The minimum atomic E-state index is 0.255. The summed E-state index contributed by atoms with van der Waals surface area (Å²) in [6, 6.07) is 0.640. The van der Waals surface area contributed by atoms with E-state index in [1.807, 2.05) is 0 Å².